The summed E-state index contributed by atoms with van der Waals surface area (Å²) in [4.78, 5) is 8.98. The summed E-state index contributed by atoms with van der Waals surface area (Å²) in [5, 5.41) is 6.77. The monoisotopic (exact) mass is 549 g/mol. The zero-order valence-electron chi connectivity index (χ0n) is 18.7. The van der Waals surface area contributed by atoms with Crippen LogP contribution in [0.3, 0.4) is 0 Å². The van der Waals surface area contributed by atoms with Gasteiger partial charge in [-0.05, 0) is 37.1 Å². The van der Waals surface area contributed by atoms with E-state index in [1.165, 1.54) is 5.56 Å². The van der Waals surface area contributed by atoms with E-state index in [9.17, 15) is 0 Å². The first-order chi connectivity index (χ1) is 15.2. The Balaban J connectivity index is 0.00000289. The number of imidazole rings is 1. The van der Waals surface area contributed by atoms with Gasteiger partial charge in [-0.25, -0.2) is 4.98 Å². The van der Waals surface area contributed by atoms with Gasteiger partial charge in [0.05, 0.1) is 18.9 Å². The maximum absolute atomic E-state index is 6.14. The van der Waals surface area contributed by atoms with Crippen molar-refractivity contribution in [3.8, 4) is 5.75 Å². The molecule has 172 valence electrons. The summed E-state index contributed by atoms with van der Waals surface area (Å²) in [6.07, 6.45) is 5.98. The van der Waals surface area contributed by atoms with Gasteiger partial charge in [0.2, 0.25) is 0 Å². The van der Waals surface area contributed by atoms with Gasteiger partial charge in [-0.1, -0.05) is 18.2 Å². The normalized spacial score (nSPS) is 16.1. The maximum atomic E-state index is 6.14. The number of halogens is 1. The molecule has 0 spiro atoms. The van der Waals surface area contributed by atoms with Crippen molar-refractivity contribution in [3.05, 3.63) is 65.6 Å². The van der Waals surface area contributed by atoms with Gasteiger partial charge in [0.1, 0.15) is 11.4 Å². The van der Waals surface area contributed by atoms with Crippen molar-refractivity contribution in [1.82, 2.24) is 20.0 Å². The highest BCUT2D eigenvalue weighted by Gasteiger charge is 2.17. The topological polar surface area (TPSA) is 72.2 Å². The lowest BCUT2D eigenvalue weighted by Gasteiger charge is -2.17. The number of benzene rings is 1. The Morgan fingerprint density at radius 3 is 2.97 bits per heavy atom. The first-order valence-corrected chi connectivity index (χ1v) is 10.9. The first kappa shape index (κ1) is 24.3. The molecule has 32 heavy (non-hydrogen) atoms. The van der Waals surface area contributed by atoms with Crippen molar-refractivity contribution in [3.63, 3.8) is 0 Å². The molecule has 0 amide bonds. The molecule has 2 aromatic heterocycles. The third kappa shape index (κ3) is 6.59. The molecule has 7 nitrogen and oxygen atoms in total. The summed E-state index contributed by atoms with van der Waals surface area (Å²) in [6, 6.07) is 12.4. The Labute approximate surface area is 206 Å². The van der Waals surface area contributed by atoms with Crippen molar-refractivity contribution in [2.75, 3.05) is 33.4 Å². The summed E-state index contributed by atoms with van der Waals surface area (Å²) >= 11 is 0. The Morgan fingerprint density at radius 1 is 1.28 bits per heavy atom. The van der Waals surface area contributed by atoms with Crippen molar-refractivity contribution in [2.24, 2.45) is 10.9 Å². The molecule has 1 aromatic carbocycles. The number of fused-ring (bicyclic) bond motifs is 1. The minimum atomic E-state index is 0. The van der Waals surface area contributed by atoms with E-state index in [2.05, 4.69) is 51.9 Å². The predicted octanol–water partition coefficient (Wildman–Crippen LogP) is 3.58. The average molecular weight is 549 g/mol. The van der Waals surface area contributed by atoms with Crippen LogP contribution >= 0.6 is 24.0 Å². The molecule has 1 atom stereocenters. The number of hydrogen-bond acceptors (Lipinski definition) is 4. The van der Waals surface area contributed by atoms with Gasteiger partial charge in [0.25, 0.3) is 0 Å². The fourth-order valence-corrected chi connectivity index (χ4v) is 3.68. The van der Waals surface area contributed by atoms with E-state index in [4.69, 9.17) is 9.47 Å². The molecular weight excluding hydrogens is 517 g/mol. The Hall–Kier alpha value is -2.33. The number of hydrogen-bond donors (Lipinski definition) is 2. The van der Waals surface area contributed by atoms with Crippen LogP contribution in [-0.4, -0.2) is 48.8 Å². The molecule has 2 N–H and O–H groups in total. The number of guanidine groups is 1. The lowest BCUT2D eigenvalue weighted by Crippen LogP contribution is -2.38. The molecule has 0 saturated carbocycles. The zero-order chi connectivity index (χ0) is 21.5. The van der Waals surface area contributed by atoms with Gasteiger partial charge in [-0.15, -0.1) is 24.0 Å². The molecule has 0 radical (unpaired) electrons. The quantitative estimate of drug-likeness (QED) is 0.256. The third-order valence-corrected chi connectivity index (χ3v) is 5.48. The standard InChI is InChI=1S/C24H31N5O2.HI/c1-18-6-7-20(22(13-18)31-17-19-9-12-30-16-19)14-27-24(25-2)26-10-8-21-15-29-11-4-3-5-23(29)28-21;/h3-7,11,13,15,19H,8-10,12,14,16-17H2,1-2H3,(H2,25,26,27);1H. The molecule has 4 rings (SSSR count). The molecule has 1 aliphatic rings. The summed E-state index contributed by atoms with van der Waals surface area (Å²) in [6.45, 7) is 5.81. The molecule has 0 bridgehead atoms. The summed E-state index contributed by atoms with van der Waals surface area (Å²) < 4.78 is 13.6. The fraction of sp³-hybridized carbons (Fsp3) is 0.417. The second-order valence-corrected chi connectivity index (χ2v) is 7.95. The van der Waals surface area contributed by atoms with E-state index in [0.717, 1.165) is 61.2 Å². The number of aromatic nitrogens is 2. The number of aliphatic imine (C=N–C) groups is 1. The third-order valence-electron chi connectivity index (χ3n) is 5.48. The largest absolute Gasteiger partial charge is 0.493 e. The Bertz CT molecular complexity index is 997. The van der Waals surface area contributed by atoms with Crippen LogP contribution in [0.5, 0.6) is 5.75 Å². The minimum absolute atomic E-state index is 0. The van der Waals surface area contributed by atoms with Crippen molar-refractivity contribution in [1.29, 1.82) is 0 Å². The first-order valence-electron chi connectivity index (χ1n) is 10.9. The van der Waals surface area contributed by atoms with Gasteiger partial charge in [-0.3, -0.25) is 4.99 Å². The van der Waals surface area contributed by atoms with Crippen LogP contribution in [0.15, 0.2) is 53.8 Å². The smallest absolute Gasteiger partial charge is 0.191 e. The molecule has 1 saturated heterocycles. The average Bonchev–Trinajstić information content (AvgIpc) is 3.45. The van der Waals surface area contributed by atoms with Gasteiger partial charge < -0.3 is 24.5 Å². The zero-order valence-corrected chi connectivity index (χ0v) is 21.0. The highest BCUT2D eigenvalue weighted by molar-refractivity contribution is 14.0. The van der Waals surface area contributed by atoms with Gasteiger partial charge in [0.15, 0.2) is 5.96 Å². The Kier molecular flexibility index (Phi) is 9.16. The van der Waals surface area contributed by atoms with Crippen LogP contribution in [0.2, 0.25) is 0 Å². The SMILES string of the molecule is CN=C(NCCc1cn2ccccc2n1)NCc1ccc(C)cc1OCC1CCOC1.I. The summed E-state index contributed by atoms with van der Waals surface area (Å²) in [7, 11) is 1.78. The van der Waals surface area contributed by atoms with Crippen LogP contribution in [0.25, 0.3) is 5.65 Å². The second-order valence-electron chi connectivity index (χ2n) is 7.95. The lowest BCUT2D eigenvalue weighted by molar-refractivity contribution is 0.166. The highest BCUT2D eigenvalue weighted by Crippen LogP contribution is 2.22. The predicted molar refractivity (Wildman–Crippen MR) is 138 cm³/mol. The fourth-order valence-electron chi connectivity index (χ4n) is 3.68. The molecule has 1 unspecified atom stereocenters. The van der Waals surface area contributed by atoms with Crippen molar-refractivity contribution < 1.29 is 9.47 Å². The van der Waals surface area contributed by atoms with Crippen LogP contribution in [0.1, 0.15) is 23.2 Å². The molecule has 0 aliphatic carbocycles. The minimum Gasteiger partial charge on any atom is -0.493 e. The van der Waals surface area contributed by atoms with Crippen LogP contribution in [0, 0.1) is 12.8 Å². The van der Waals surface area contributed by atoms with Gasteiger partial charge >= 0.3 is 0 Å². The van der Waals surface area contributed by atoms with Crippen LogP contribution < -0.4 is 15.4 Å². The van der Waals surface area contributed by atoms with Crippen molar-refractivity contribution >= 4 is 35.6 Å². The number of aryl methyl sites for hydroxylation is 1. The molecular formula is C24H32IN5O2. The summed E-state index contributed by atoms with van der Waals surface area (Å²) in [5.41, 5.74) is 4.33. The number of ether oxygens (including phenoxy) is 2. The Morgan fingerprint density at radius 2 is 2.19 bits per heavy atom. The van der Waals surface area contributed by atoms with Gasteiger partial charge in [0, 0.05) is 57.0 Å². The highest BCUT2D eigenvalue weighted by atomic mass is 127. The van der Waals surface area contributed by atoms with E-state index in [1.54, 1.807) is 7.05 Å². The number of pyridine rings is 1. The van der Waals surface area contributed by atoms with E-state index < -0.39 is 0 Å². The summed E-state index contributed by atoms with van der Waals surface area (Å²) in [5.74, 6) is 2.18. The van der Waals surface area contributed by atoms with Crippen molar-refractivity contribution in [2.45, 2.75) is 26.3 Å². The van der Waals surface area contributed by atoms with E-state index >= 15 is 0 Å². The van der Waals surface area contributed by atoms with E-state index in [1.807, 2.05) is 28.8 Å². The number of nitrogens with one attached hydrogen (secondary N) is 2. The molecule has 3 heterocycles. The van der Waals surface area contributed by atoms with E-state index in [0.29, 0.717) is 19.1 Å². The molecule has 3 aromatic rings. The number of rotatable bonds is 8. The van der Waals surface area contributed by atoms with Crippen LogP contribution in [0.4, 0.5) is 0 Å². The maximum Gasteiger partial charge on any atom is 0.191 e. The number of nitrogens with zero attached hydrogens (tertiary/aromatic N) is 3. The molecule has 1 aliphatic heterocycles. The van der Waals surface area contributed by atoms with Crippen LogP contribution in [-0.2, 0) is 17.7 Å². The second kappa shape index (κ2) is 12.1. The lowest BCUT2D eigenvalue weighted by atomic mass is 10.1. The molecule has 1 fully saturated rings. The molecule has 8 heteroatoms. The van der Waals surface area contributed by atoms with Gasteiger partial charge in [-0.2, -0.15) is 0 Å². The van der Waals surface area contributed by atoms with E-state index in [-0.39, 0.29) is 24.0 Å².